The zero-order chi connectivity index (χ0) is 19.8. The molecule has 0 amide bonds. The average molecular weight is 411 g/mol. The molecule has 3 rings (SSSR count). The smallest absolute Gasteiger partial charge is 0.341 e. The molecule has 0 saturated heterocycles. The number of nitrogens with zero attached hydrogens (tertiary/aromatic N) is 1. The largest absolute Gasteiger partial charge is 0.346 e. The van der Waals surface area contributed by atoms with Crippen LogP contribution in [0.3, 0.4) is 0 Å². The molecule has 2 aromatic carbocycles. The monoisotopic (exact) mass is 411 g/mol. The highest BCUT2D eigenvalue weighted by Crippen LogP contribution is 2.46. The van der Waals surface area contributed by atoms with E-state index in [-0.39, 0.29) is 12.8 Å². The number of hydrogen-bond donors (Lipinski definition) is 3. The van der Waals surface area contributed by atoms with E-state index in [9.17, 15) is 13.0 Å². The Kier molecular flexibility index (Phi) is 5.47. The third-order valence-corrected chi connectivity index (χ3v) is 8.34. The summed E-state index contributed by atoms with van der Waals surface area (Å²) in [6, 6.07) is 14.1. The average Bonchev–Trinajstić information content (AvgIpc) is 2.89. The molecule has 0 spiro atoms. The summed E-state index contributed by atoms with van der Waals surface area (Å²) in [5.74, 6) is 0. The molecule has 3 N–H and O–H groups in total. The second-order valence-corrected chi connectivity index (χ2v) is 10.3. The minimum absolute atomic E-state index is 0.230. The lowest BCUT2D eigenvalue weighted by atomic mass is 10.0. The van der Waals surface area contributed by atoms with E-state index < -0.39 is 22.7 Å². The van der Waals surface area contributed by atoms with Gasteiger partial charge in [-0.2, -0.15) is 8.42 Å². The summed E-state index contributed by atoms with van der Waals surface area (Å²) in [6.07, 6.45) is 0.374. The first-order valence-electron chi connectivity index (χ1n) is 8.64. The van der Waals surface area contributed by atoms with Crippen LogP contribution in [-0.4, -0.2) is 32.3 Å². The van der Waals surface area contributed by atoms with Crippen LogP contribution in [-0.2, 0) is 27.6 Å². The Bertz CT molecular complexity index is 1130. The number of hydrogen-bond acceptors (Lipinski definition) is 3. The van der Waals surface area contributed by atoms with Gasteiger partial charge in [0.2, 0.25) is 0 Å². The maximum atomic E-state index is 11.3. The second kappa shape index (κ2) is 7.37. The second-order valence-electron chi connectivity index (χ2n) is 6.56. The number of para-hydroxylation sites is 1. The van der Waals surface area contributed by atoms with Crippen molar-refractivity contribution in [1.29, 1.82) is 0 Å². The SMILES string of the molecule is CCn1c2ccccc2c2cc(CCCC(P(=O)(O)O)S(=O)(=O)O)ccc21. The Morgan fingerprint density at radius 3 is 2.37 bits per heavy atom. The molecule has 0 aliphatic carbocycles. The highest BCUT2D eigenvalue weighted by molar-refractivity contribution is 7.93. The molecular formula is C18H22NO6PS. The summed E-state index contributed by atoms with van der Waals surface area (Å²) in [5.41, 5.74) is 3.19. The molecule has 1 unspecified atom stereocenters. The third-order valence-electron chi connectivity index (χ3n) is 4.79. The minimum atomic E-state index is -4.93. The fourth-order valence-corrected chi connectivity index (χ4v) is 5.94. The van der Waals surface area contributed by atoms with Gasteiger partial charge in [-0.3, -0.25) is 9.12 Å². The van der Waals surface area contributed by atoms with Gasteiger partial charge in [0.25, 0.3) is 10.1 Å². The molecule has 146 valence electrons. The lowest BCUT2D eigenvalue weighted by molar-refractivity contribution is 0.360. The Labute approximate surface area is 157 Å². The molecule has 0 saturated carbocycles. The van der Waals surface area contributed by atoms with Crippen molar-refractivity contribution in [3.8, 4) is 0 Å². The predicted molar refractivity (Wildman–Crippen MR) is 105 cm³/mol. The lowest BCUT2D eigenvalue weighted by Gasteiger charge is -2.15. The molecule has 0 aliphatic rings. The number of fused-ring (bicyclic) bond motifs is 3. The molecule has 0 bridgehead atoms. The summed E-state index contributed by atoms with van der Waals surface area (Å²) < 4.78 is 45.1. The molecule has 9 heteroatoms. The highest BCUT2D eigenvalue weighted by atomic mass is 32.2. The van der Waals surface area contributed by atoms with Crippen molar-refractivity contribution < 1.29 is 27.3 Å². The zero-order valence-electron chi connectivity index (χ0n) is 14.8. The van der Waals surface area contributed by atoms with Crippen LogP contribution in [0.4, 0.5) is 0 Å². The van der Waals surface area contributed by atoms with Gasteiger partial charge in [0.1, 0.15) is 0 Å². The van der Waals surface area contributed by atoms with Crippen LogP contribution in [0.15, 0.2) is 42.5 Å². The van der Waals surface area contributed by atoms with E-state index in [1.807, 2.05) is 30.3 Å². The predicted octanol–water partition coefficient (Wildman–Crippen LogP) is 3.53. The summed E-state index contributed by atoms with van der Waals surface area (Å²) >= 11 is 0. The standard InChI is InChI=1S/C18H22NO6PS/c1-2-19-16-8-4-3-7-14(16)15-12-13(10-11-17(15)19)6-5-9-18(26(20,21)22)27(23,24)25/h3-4,7-8,10-12,18H,2,5-6,9H2,1H3,(H2,20,21,22)(H,23,24,25). The van der Waals surface area contributed by atoms with E-state index in [0.29, 0.717) is 6.42 Å². The van der Waals surface area contributed by atoms with Crippen LogP contribution in [0.1, 0.15) is 25.3 Å². The fraction of sp³-hybridized carbons (Fsp3) is 0.333. The number of aryl methyl sites for hydroxylation is 2. The van der Waals surface area contributed by atoms with Crippen LogP contribution in [0.5, 0.6) is 0 Å². The first-order chi connectivity index (χ1) is 12.6. The minimum Gasteiger partial charge on any atom is -0.341 e. The Morgan fingerprint density at radius 2 is 1.74 bits per heavy atom. The maximum absolute atomic E-state index is 11.3. The van der Waals surface area contributed by atoms with Gasteiger partial charge in [0, 0.05) is 28.4 Å². The number of rotatable bonds is 7. The Hall–Kier alpha value is -1.70. The maximum Gasteiger partial charge on any atom is 0.346 e. The van der Waals surface area contributed by atoms with E-state index in [0.717, 1.165) is 33.9 Å². The summed E-state index contributed by atoms with van der Waals surface area (Å²) in [6.45, 7) is 2.92. The van der Waals surface area contributed by atoms with Crippen molar-refractivity contribution in [2.75, 3.05) is 0 Å². The van der Waals surface area contributed by atoms with Gasteiger partial charge < -0.3 is 14.4 Å². The van der Waals surface area contributed by atoms with E-state index in [1.165, 1.54) is 0 Å². The molecule has 1 aromatic heterocycles. The normalized spacial score (nSPS) is 14.1. The van der Waals surface area contributed by atoms with E-state index in [2.05, 4.69) is 23.6 Å². The van der Waals surface area contributed by atoms with Crippen molar-refractivity contribution in [3.63, 3.8) is 0 Å². The van der Waals surface area contributed by atoms with Crippen molar-refractivity contribution in [3.05, 3.63) is 48.0 Å². The quantitative estimate of drug-likeness (QED) is 0.404. The molecule has 0 radical (unpaired) electrons. The third kappa shape index (κ3) is 4.10. The molecule has 3 aromatic rings. The fourth-order valence-electron chi connectivity index (χ4n) is 3.57. The number of benzene rings is 2. The van der Waals surface area contributed by atoms with Gasteiger partial charge >= 0.3 is 7.60 Å². The van der Waals surface area contributed by atoms with Gasteiger partial charge in [0.15, 0.2) is 4.99 Å². The Balaban J connectivity index is 1.86. The summed E-state index contributed by atoms with van der Waals surface area (Å²) in [4.78, 5) is 16.3. The number of aromatic nitrogens is 1. The van der Waals surface area contributed by atoms with Crippen LogP contribution < -0.4 is 0 Å². The van der Waals surface area contributed by atoms with Crippen molar-refractivity contribution in [1.82, 2.24) is 4.57 Å². The Morgan fingerprint density at radius 1 is 1.07 bits per heavy atom. The van der Waals surface area contributed by atoms with E-state index in [4.69, 9.17) is 14.3 Å². The topological polar surface area (TPSA) is 117 Å². The highest BCUT2D eigenvalue weighted by Gasteiger charge is 2.38. The van der Waals surface area contributed by atoms with Gasteiger partial charge in [-0.15, -0.1) is 0 Å². The molecule has 1 atom stereocenters. The van der Waals surface area contributed by atoms with Gasteiger partial charge in [0.05, 0.1) is 0 Å². The molecular weight excluding hydrogens is 389 g/mol. The van der Waals surface area contributed by atoms with E-state index in [1.54, 1.807) is 0 Å². The van der Waals surface area contributed by atoms with E-state index >= 15 is 0 Å². The van der Waals surface area contributed by atoms with Crippen molar-refractivity contribution in [2.45, 2.75) is 37.7 Å². The molecule has 27 heavy (non-hydrogen) atoms. The molecule has 1 heterocycles. The summed E-state index contributed by atoms with van der Waals surface area (Å²) in [7, 11) is -9.74. The lowest BCUT2D eigenvalue weighted by Crippen LogP contribution is -2.20. The van der Waals surface area contributed by atoms with Gasteiger partial charge in [-0.25, -0.2) is 0 Å². The van der Waals surface area contributed by atoms with Crippen LogP contribution >= 0.6 is 7.60 Å². The van der Waals surface area contributed by atoms with Crippen molar-refractivity contribution >= 4 is 39.5 Å². The summed E-state index contributed by atoms with van der Waals surface area (Å²) in [5, 5.41) is 2.22. The first kappa shape index (κ1) is 20.0. The van der Waals surface area contributed by atoms with Crippen LogP contribution in [0, 0.1) is 0 Å². The van der Waals surface area contributed by atoms with Gasteiger partial charge in [-0.1, -0.05) is 24.3 Å². The zero-order valence-corrected chi connectivity index (χ0v) is 16.5. The molecule has 0 fully saturated rings. The molecule has 7 nitrogen and oxygen atoms in total. The van der Waals surface area contributed by atoms with Crippen molar-refractivity contribution in [2.24, 2.45) is 0 Å². The van der Waals surface area contributed by atoms with Crippen LogP contribution in [0.25, 0.3) is 21.8 Å². The van der Waals surface area contributed by atoms with Crippen LogP contribution in [0.2, 0.25) is 0 Å². The molecule has 0 aliphatic heterocycles. The van der Waals surface area contributed by atoms with Gasteiger partial charge in [-0.05, 0) is 49.9 Å². The first-order valence-corrected chi connectivity index (χ1v) is 11.8.